The van der Waals surface area contributed by atoms with Crippen LogP contribution >= 0.6 is 46.6 Å². The van der Waals surface area contributed by atoms with Gasteiger partial charge in [-0.15, -0.1) is 24.0 Å². The van der Waals surface area contributed by atoms with Gasteiger partial charge in [0.1, 0.15) is 0 Å². The molecule has 96 valence electrons. The van der Waals surface area contributed by atoms with Gasteiger partial charge in [-0.2, -0.15) is 0 Å². The number of alkyl halides is 1. The summed E-state index contributed by atoms with van der Waals surface area (Å²) in [6, 6.07) is 0. The fourth-order valence-electron chi connectivity index (χ4n) is 2.71. The summed E-state index contributed by atoms with van der Waals surface area (Å²) in [4.78, 5) is 0. The topological polar surface area (TPSA) is 6.48 Å². The molecule has 0 spiro atoms. The Balaban J connectivity index is 0.00000128. The van der Waals surface area contributed by atoms with Gasteiger partial charge in [0.25, 0.3) is 0 Å². The summed E-state index contributed by atoms with van der Waals surface area (Å²) in [5, 5.41) is 5.21. The second-order valence-electron chi connectivity index (χ2n) is 5.05. The summed E-state index contributed by atoms with van der Waals surface area (Å²) in [7, 11) is 0. The maximum absolute atomic E-state index is 2.71. The molecule has 0 atom stereocenters. The van der Waals surface area contributed by atoms with E-state index in [2.05, 4.69) is 39.5 Å². The van der Waals surface area contributed by atoms with Gasteiger partial charge in [0.15, 0.2) is 0 Å². The first-order valence-electron chi connectivity index (χ1n) is 6.42. The number of piperidine rings is 1. The van der Waals surface area contributed by atoms with Crippen LogP contribution < -0.4 is 0 Å². The van der Waals surface area contributed by atoms with Crippen LogP contribution in [-0.2, 0) is 0 Å². The summed E-state index contributed by atoms with van der Waals surface area (Å²) >= 11 is 2.71. The van der Waals surface area contributed by atoms with E-state index in [1.807, 2.05) is 0 Å². The maximum atomic E-state index is 2.71. The third kappa shape index (κ3) is 3.95. The monoisotopic (exact) mass is 450 g/mol. The summed E-state index contributed by atoms with van der Waals surface area (Å²) in [5.74, 6) is 0. The minimum Gasteiger partial charge on any atom is -0.242 e. The van der Waals surface area contributed by atoms with Crippen LogP contribution in [0.15, 0.2) is 0 Å². The fraction of sp³-hybridized carbons (Fsp3) is 1.00. The van der Waals surface area contributed by atoms with E-state index >= 15 is 0 Å². The lowest BCUT2D eigenvalue weighted by atomic mass is 9.94. The Kier molecular flexibility index (Phi) is 6.84. The molecule has 0 radical (unpaired) electrons. The highest BCUT2D eigenvalue weighted by molar-refractivity contribution is 14.1. The van der Waals surface area contributed by atoms with E-state index in [-0.39, 0.29) is 24.0 Å². The third-order valence-electron chi connectivity index (χ3n) is 3.77. The molecule has 0 unspecified atom stereocenters. The fourth-order valence-corrected chi connectivity index (χ4v) is 3.58. The molecule has 2 bridgehead atoms. The van der Waals surface area contributed by atoms with E-state index in [0.29, 0.717) is 3.42 Å². The van der Waals surface area contributed by atoms with Gasteiger partial charge >= 0.3 is 0 Å². The number of hydrogen-bond donors (Lipinski definition) is 0. The van der Waals surface area contributed by atoms with Crippen molar-refractivity contribution in [1.82, 2.24) is 10.0 Å². The smallest absolute Gasteiger partial charge is 0.0388 e. The number of rotatable bonds is 5. The van der Waals surface area contributed by atoms with Gasteiger partial charge in [0, 0.05) is 29.6 Å². The first-order chi connectivity index (χ1) is 7.23. The van der Waals surface area contributed by atoms with Gasteiger partial charge in [-0.05, 0) is 19.3 Å². The lowest BCUT2D eigenvalue weighted by Gasteiger charge is -2.52. The molecule has 0 aromatic carbocycles. The summed E-state index contributed by atoms with van der Waals surface area (Å²) in [5.41, 5.74) is 0. The summed E-state index contributed by atoms with van der Waals surface area (Å²) < 4.78 is 0.608. The molecule has 0 N–H and O–H groups in total. The predicted octanol–water partition coefficient (Wildman–Crippen LogP) is 3.68. The van der Waals surface area contributed by atoms with E-state index in [4.69, 9.17) is 0 Å². The lowest BCUT2D eigenvalue weighted by Crippen LogP contribution is -2.61. The molecule has 16 heavy (non-hydrogen) atoms. The maximum Gasteiger partial charge on any atom is 0.0388 e. The van der Waals surface area contributed by atoms with Crippen LogP contribution in [0, 0.1) is 0 Å². The van der Waals surface area contributed by atoms with Gasteiger partial charge in [-0.25, -0.2) is 10.0 Å². The predicted molar refractivity (Wildman–Crippen MR) is 88.7 cm³/mol. The summed E-state index contributed by atoms with van der Waals surface area (Å²) in [6.07, 6.45) is 8.35. The van der Waals surface area contributed by atoms with Crippen molar-refractivity contribution in [2.24, 2.45) is 0 Å². The number of unbranched alkanes of at least 4 members (excludes halogenated alkanes) is 3. The molecular formula is C12H24I2N2. The molecule has 3 fully saturated rings. The van der Waals surface area contributed by atoms with Crippen molar-refractivity contribution >= 4 is 46.6 Å². The number of hydrazine groups is 1. The van der Waals surface area contributed by atoms with E-state index in [9.17, 15) is 0 Å². The van der Waals surface area contributed by atoms with Gasteiger partial charge in [0.2, 0.25) is 0 Å². The molecule has 0 aromatic rings. The second kappa shape index (κ2) is 7.09. The Morgan fingerprint density at radius 2 is 1.81 bits per heavy atom. The van der Waals surface area contributed by atoms with Gasteiger partial charge in [0.05, 0.1) is 0 Å². The minimum absolute atomic E-state index is 0. The van der Waals surface area contributed by atoms with Crippen molar-refractivity contribution < 1.29 is 0 Å². The van der Waals surface area contributed by atoms with Crippen molar-refractivity contribution in [3.05, 3.63) is 0 Å². The Labute approximate surface area is 131 Å². The van der Waals surface area contributed by atoms with Crippen LogP contribution in [0.1, 0.15) is 45.4 Å². The lowest BCUT2D eigenvalue weighted by molar-refractivity contribution is -0.0957. The van der Waals surface area contributed by atoms with Crippen LogP contribution in [-0.4, -0.2) is 39.6 Å². The zero-order chi connectivity index (χ0) is 10.7. The number of halogens is 2. The minimum atomic E-state index is 0. The van der Waals surface area contributed by atoms with Crippen molar-refractivity contribution in [3.63, 3.8) is 0 Å². The number of hydrogen-bond acceptors (Lipinski definition) is 2. The van der Waals surface area contributed by atoms with E-state index in [0.717, 1.165) is 0 Å². The molecular weight excluding hydrogens is 426 g/mol. The van der Waals surface area contributed by atoms with Gasteiger partial charge in [-0.3, -0.25) is 0 Å². The van der Waals surface area contributed by atoms with Crippen molar-refractivity contribution in [2.45, 2.75) is 48.9 Å². The van der Waals surface area contributed by atoms with Crippen molar-refractivity contribution in [2.75, 3.05) is 26.2 Å². The highest BCUT2D eigenvalue weighted by Gasteiger charge is 2.41. The third-order valence-corrected chi connectivity index (χ3v) is 5.19. The Hall–Kier alpha value is 1.38. The Morgan fingerprint density at radius 1 is 1.12 bits per heavy atom. The molecule has 0 saturated carbocycles. The zero-order valence-corrected chi connectivity index (χ0v) is 14.7. The Morgan fingerprint density at radius 3 is 2.38 bits per heavy atom. The zero-order valence-electron chi connectivity index (χ0n) is 10.3. The van der Waals surface area contributed by atoms with E-state index < -0.39 is 0 Å². The van der Waals surface area contributed by atoms with Gasteiger partial charge in [-0.1, -0.05) is 48.8 Å². The standard InChI is InChI=1S/C12H23IN2.HI/c1-2-3-4-5-8-15-11-12(13)6-9-14(15)10-7-12;/h2-11H2,1H3;1H. The van der Waals surface area contributed by atoms with Gasteiger partial charge < -0.3 is 0 Å². The molecule has 4 heteroatoms. The van der Waals surface area contributed by atoms with Crippen LogP contribution in [0.3, 0.4) is 0 Å². The molecule has 2 nitrogen and oxygen atoms in total. The van der Waals surface area contributed by atoms with Crippen molar-refractivity contribution in [1.29, 1.82) is 0 Å². The summed E-state index contributed by atoms with van der Waals surface area (Å²) in [6.45, 7) is 7.49. The van der Waals surface area contributed by atoms with Crippen LogP contribution in [0.4, 0.5) is 0 Å². The first kappa shape index (κ1) is 15.4. The van der Waals surface area contributed by atoms with Crippen LogP contribution in [0.2, 0.25) is 0 Å². The highest BCUT2D eigenvalue weighted by Crippen LogP contribution is 2.38. The molecule has 3 aliphatic heterocycles. The number of fused-ring (bicyclic) bond motifs is 3. The molecule has 3 heterocycles. The average molecular weight is 450 g/mol. The molecule has 0 amide bonds. The highest BCUT2D eigenvalue weighted by atomic mass is 127. The normalized spacial score (nSPS) is 33.8. The van der Waals surface area contributed by atoms with Crippen LogP contribution in [0.5, 0.6) is 0 Å². The molecule has 0 aromatic heterocycles. The Bertz CT molecular complexity index is 203. The molecule has 3 rings (SSSR count). The largest absolute Gasteiger partial charge is 0.242 e. The number of nitrogens with zero attached hydrogens (tertiary/aromatic N) is 2. The first-order valence-corrected chi connectivity index (χ1v) is 7.50. The molecule has 0 aliphatic carbocycles. The second-order valence-corrected chi connectivity index (χ2v) is 7.34. The van der Waals surface area contributed by atoms with Crippen LogP contribution in [0.25, 0.3) is 0 Å². The average Bonchev–Trinajstić information content (AvgIpc) is 2.25. The SMILES string of the molecule is CCCCCCN1CC2(I)CCN1CC2.I. The quantitative estimate of drug-likeness (QED) is 0.359. The van der Waals surface area contributed by atoms with E-state index in [1.54, 1.807) is 0 Å². The molecule has 3 saturated heterocycles. The molecule has 3 aliphatic rings. The van der Waals surface area contributed by atoms with E-state index in [1.165, 1.54) is 64.7 Å². The van der Waals surface area contributed by atoms with Crippen molar-refractivity contribution in [3.8, 4) is 0 Å².